The fraction of sp³-hybridized carbons (Fsp3) is 0.538. The number of carbonyl (C=O) groups excluding carboxylic acids is 1. The Morgan fingerprint density at radius 1 is 1.30 bits per heavy atom. The van der Waals surface area contributed by atoms with E-state index < -0.39 is 0 Å². The molecule has 0 spiro atoms. The van der Waals surface area contributed by atoms with Gasteiger partial charge in [0.05, 0.1) is 6.26 Å². The standard InChI is InChI=1S/C13H22N4O2.HI/c1-13(2,3)17-12(14-4)16-8-7-15-11(18)10-6-5-9-19-10;/h5-6,9H,7-8H2,1-4H3,(H,15,18)(H2,14,16,17);1H. The average molecular weight is 394 g/mol. The summed E-state index contributed by atoms with van der Waals surface area (Å²) in [5.41, 5.74) is -0.0563. The van der Waals surface area contributed by atoms with Crippen molar-refractivity contribution in [2.45, 2.75) is 26.3 Å². The van der Waals surface area contributed by atoms with Gasteiger partial charge in [0.25, 0.3) is 5.91 Å². The van der Waals surface area contributed by atoms with E-state index in [4.69, 9.17) is 4.42 Å². The number of halogens is 1. The molecular formula is C13H23IN4O2. The number of carbonyl (C=O) groups is 1. The van der Waals surface area contributed by atoms with Gasteiger partial charge in [-0.25, -0.2) is 0 Å². The van der Waals surface area contributed by atoms with E-state index in [9.17, 15) is 4.79 Å². The predicted molar refractivity (Wildman–Crippen MR) is 90.7 cm³/mol. The number of nitrogens with one attached hydrogen (secondary N) is 3. The van der Waals surface area contributed by atoms with Gasteiger partial charge in [0.15, 0.2) is 11.7 Å². The number of rotatable bonds is 4. The molecule has 3 N–H and O–H groups in total. The lowest BCUT2D eigenvalue weighted by Gasteiger charge is -2.23. The molecule has 0 unspecified atom stereocenters. The molecular weight excluding hydrogens is 371 g/mol. The second kappa shape index (κ2) is 8.83. The van der Waals surface area contributed by atoms with Crippen molar-refractivity contribution in [3.63, 3.8) is 0 Å². The van der Waals surface area contributed by atoms with E-state index >= 15 is 0 Å². The van der Waals surface area contributed by atoms with E-state index in [1.165, 1.54) is 6.26 Å². The van der Waals surface area contributed by atoms with Gasteiger partial charge < -0.3 is 20.4 Å². The van der Waals surface area contributed by atoms with Gasteiger partial charge in [-0.3, -0.25) is 9.79 Å². The lowest BCUT2D eigenvalue weighted by molar-refractivity contribution is 0.0926. The van der Waals surface area contributed by atoms with E-state index in [-0.39, 0.29) is 35.4 Å². The molecule has 1 heterocycles. The quantitative estimate of drug-likeness (QED) is 0.314. The van der Waals surface area contributed by atoms with E-state index in [2.05, 4.69) is 41.7 Å². The number of hydrogen-bond acceptors (Lipinski definition) is 3. The van der Waals surface area contributed by atoms with Gasteiger partial charge in [0.1, 0.15) is 0 Å². The highest BCUT2D eigenvalue weighted by atomic mass is 127. The molecule has 0 aliphatic carbocycles. The first kappa shape index (κ1) is 18.8. The van der Waals surface area contributed by atoms with Gasteiger partial charge >= 0.3 is 0 Å². The van der Waals surface area contributed by atoms with Crippen molar-refractivity contribution >= 4 is 35.8 Å². The second-order valence-corrected chi connectivity index (χ2v) is 5.11. The monoisotopic (exact) mass is 394 g/mol. The van der Waals surface area contributed by atoms with Crippen LogP contribution in [0.15, 0.2) is 27.8 Å². The molecule has 0 saturated carbocycles. The van der Waals surface area contributed by atoms with E-state index in [0.29, 0.717) is 24.8 Å². The smallest absolute Gasteiger partial charge is 0.287 e. The van der Waals surface area contributed by atoms with Crippen LogP contribution in [0.25, 0.3) is 0 Å². The molecule has 0 fully saturated rings. The molecule has 0 atom stereocenters. The van der Waals surface area contributed by atoms with Crippen molar-refractivity contribution < 1.29 is 9.21 Å². The van der Waals surface area contributed by atoms with Crippen molar-refractivity contribution in [3.05, 3.63) is 24.2 Å². The first-order valence-electron chi connectivity index (χ1n) is 6.23. The summed E-state index contributed by atoms with van der Waals surface area (Å²) in [6.45, 7) is 7.24. The zero-order valence-electron chi connectivity index (χ0n) is 12.3. The van der Waals surface area contributed by atoms with Gasteiger partial charge in [-0.15, -0.1) is 24.0 Å². The Hall–Kier alpha value is -1.25. The molecule has 1 rings (SSSR count). The van der Waals surface area contributed by atoms with Crippen LogP contribution in [0, 0.1) is 0 Å². The summed E-state index contributed by atoms with van der Waals surface area (Å²) in [7, 11) is 1.71. The lowest BCUT2D eigenvalue weighted by Crippen LogP contribution is -2.49. The molecule has 0 bridgehead atoms. The van der Waals surface area contributed by atoms with Crippen LogP contribution >= 0.6 is 24.0 Å². The molecule has 1 amide bonds. The topological polar surface area (TPSA) is 78.7 Å². The zero-order chi connectivity index (χ0) is 14.3. The fourth-order valence-corrected chi connectivity index (χ4v) is 1.39. The highest BCUT2D eigenvalue weighted by Crippen LogP contribution is 1.98. The van der Waals surface area contributed by atoms with Crippen LogP contribution in [-0.4, -0.2) is 37.5 Å². The minimum atomic E-state index is -0.217. The van der Waals surface area contributed by atoms with Crippen LogP contribution in [0.5, 0.6) is 0 Å². The Morgan fingerprint density at radius 3 is 2.45 bits per heavy atom. The van der Waals surface area contributed by atoms with Gasteiger partial charge in [-0.05, 0) is 32.9 Å². The molecule has 6 nitrogen and oxygen atoms in total. The molecule has 7 heteroatoms. The maximum absolute atomic E-state index is 11.6. The Bertz CT molecular complexity index is 424. The Balaban J connectivity index is 0.00000361. The van der Waals surface area contributed by atoms with E-state index in [0.717, 1.165) is 0 Å². The average Bonchev–Trinajstić information content (AvgIpc) is 2.85. The maximum atomic E-state index is 11.6. The minimum absolute atomic E-state index is 0. The van der Waals surface area contributed by atoms with Crippen LogP contribution in [0.3, 0.4) is 0 Å². The molecule has 1 aromatic rings. The third kappa shape index (κ3) is 7.37. The number of amides is 1. The number of aliphatic imine (C=N–C) groups is 1. The lowest BCUT2D eigenvalue weighted by atomic mass is 10.1. The fourth-order valence-electron chi connectivity index (χ4n) is 1.39. The van der Waals surface area contributed by atoms with Crippen molar-refractivity contribution in [2.24, 2.45) is 4.99 Å². The molecule has 0 saturated heterocycles. The predicted octanol–water partition coefficient (Wildman–Crippen LogP) is 1.59. The molecule has 0 radical (unpaired) electrons. The van der Waals surface area contributed by atoms with E-state index in [1.807, 2.05) is 0 Å². The normalized spacial score (nSPS) is 11.5. The first-order valence-corrected chi connectivity index (χ1v) is 6.23. The zero-order valence-corrected chi connectivity index (χ0v) is 14.6. The third-order valence-electron chi connectivity index (χ3n) is 2.16. The van der Waals surface area contributed by atoms with Crippen molar-refractivity contribution in [1.29, 1.82) is 0 Å². The highest BCUT2D eigenvalue weighted by Gasteiger charge is 2.11. The Kier molecular flexibility index (Phi) is 8.28. The molecule has 0 aromatic carbocycles. The van der Waals surface area contributed by atoms with Gasteiger partial charge in [0, 0.05) is 25.7 Å². The number of guanidine groups is 1. The number of nitrogens with zero attached hydrogens (tertiary/aromatic N) is 1. The molecule has 20 heavy (non-hydrogen) atoms. The summed E-state index contributed by atoms with van der Waals surface area (Å²) >= 11 is 0. The SMILES string of the molecule is CN=C(NCCNC(=O)c1ccco1)NC(C)(C)C.I. The Morgan fingerprint density at radius 2 is 1.95 bits per heavy atom. The van der Waals surface area contributed by atoms with Crippen LogP contribution in [0.4, 0.5) is 0 Å². The van der Waals surface area contributed by atoms with Crippen molar-refractivity contribution in [1.82, 2.24) is 16.0 Å². The van der Waals surface area contributed by atoms with E-state index in [1.54, 1.807) is 19.2 Å². The Labute approximate surface area is 136 Å². The summed E-state index contributed by atoms with van der Waals surface area (Å²) < 4.78 is 4.99. The summed E-state index contributed by atoms with van der Waals surface area (Å²) in [6, 6.07) is 3.31. The number of hydrogen-bond donors (Lipinski definition) is 3. The first-order chi connectivity index (χ1) is 8.92. The molecule has 0 aliphatic heterocycles. The largest absolute Gasteiger partial charge is 0.459 e. The van der Waals surface area contributed by atoms with Crippen molar-refractivity contribution in [2.75, 3.05) is 20.1 Å². The third-order valence-corrected chi connectivity index (χ3v) is 2.16. The van der Waals surface area contributed by atoms with Gasteiger partial charge in [-0.1, -0.05) is 0 Å². The second-order valence-electron chi connectivity index (χ2n) is 5.11. The summed E-state index contributed by atoms with van der Waals surface area (Å²) in [6.07, 6.45) is 1.47. The van der Waals surface area contributed by atoms with Crippen molar-refractivity contribution in [3.8, 4) is 0 Å². The van der Waals surface area contributed by atoms with Crippen LogP contribution < -0.4 is 16.0 Å². The van der Waals surface area contributed by atoms with Gasteiger partial charge in [0.2, 0.25) is 0 Å². The summed E-state index contributed by atoms with van der Waals surface area (Å²) in [5.74, 6) is 0.808. The van der Waals surface area contributed by atoms with Crippen LogP contribution in [-0.2, 0) is 0 Å². The van der Waals surface area contributed by atoms with Crippen LogP contribution in [0.1, 0.15) is 31.3 Å². The summed E-state index contributed by atoms with van der Waals surface area (Å²) in [5, 5.41) is 9.10. The van der Waals surface area contributed by atoms with Crippen LogP contribution in [0.2, 0.25) is 0 Å². The highest BCUT2D eigenvalue weighted by molar-refractivity contribution is 14.0. The molecule has 114 valence electrons. The molecule has 1 aromatic heterocycles. The maximum Gasteiger partial charge on any atom is 0.287 e. The number of furan rings is 1. The minimum Gasteiger partial charge on any atom is -0.459 e. The molecule has 0 aliphatic rings. The summed E-state index contributed by atoms with van der Waals surface area (Å²) in [4.78, 5) is 15.7. The van der Waals surface area contributed by atoms with Gasteiger partial charge in [-0.2, -0.15) is 0 Å².